The number of rotatable bonds is 7. The van der Waals surface area contributed by atoms with E-state index in [-0.39, 0.29) is 17.9 Å². The van der Waals surface area contributed by atoms with E-state index < -0.39 is 12.0 Å². The smallest absolute Gasteiger partial charge is 0.338 e. The molecular formula is C30H25IN2O5S2. The summed E-state index contributed by atoms with van der Waals surface area (Å²) in [7, 11) is 1.48. The molecular weight excluding hydrogens is 659 g/mol. The summed E-state index contributed by atoms with van der Waals surface area (Å²) in [6, 6.07) is 20.0. The van der Waals surface area contributed by atoms with Gasteiger partial charge in [0.25, 0.3) is 5.56 Å². The Hall–Kier alpha value is -3.35. The molecule has 1 aliphatic heterocycles. The number of benzene rings is 3. The van der Waals surface area contributed by atoms with Crippen LogP contribution in [0.4, 0.5) is 0 Å². The molecule has 1 N–H and O–H groups in total. The van der Waals surface area contributed by atoms with Crippen molar-refractivity contribution in [3.8, 4) is 11.5 Å². The first-order chi connectivity index (χ1) is 19.4. The van der Waals surface area contributed by atoms with Crippen LogP contribution in [0.5, 0.6) is 11.5 Å². The lowest BCUT2D eigenvalue weighted by molar-refractivity contribution is -0.138. The molecule has 0 unspecified atom stereocenters. The van der Waals surface area contributed by atoms with Crippen LogP contribution in [0.15, 0.2) is 87.0 Å². The highest BCUT2D eigenvalue weighted by Crippen LogP contribution is 2.36. The Bertz CT molecular complexity index is 1790. The summed E-state index contributed by atoms with van der Waals surface area (Å²) in [6.07, 6.45) is 3.74. The Labute approximate surface area is 252 Å². The predicted molar refractivity (Wildman–Crippen MR) is 167 cm³/mol. The van der Waals surface area contributed by atoms with Gasteiger partial charge in [-0.2, -0.15) is 0 Å². The second kappa shape index (κ2) is 12.0. The molecule has 7 nitrogen and oxygen atoms in total. The lowest BCUT2D eigenvalue weighted by Gasteiger charge is -2.26. The van der Waals surface area contributed by atoms with E-state index in [2.05, 4.69) is 0 Å². The molecule has 0 saturated heterocycles. The number of phenolic OH excluding ortho intramolecular Hbond substituents is 1. The molecule has 4 aromatic rings. The summed E-state index contributed by atoms with van der Waals surface area (Å²) in [6.45, 7) is 1.94. The molecule has 0 saturated carbocycles. The maximum Gasteiger partial charge on any atom is 0.338 e. The zero-order chi connectivity index (χ0) is 28.4. The minimum Gasteiger partial charge on any atom is -0.504 e. The molecule has 40 heavy (non-hydrogen) atoms. The average Bonchev–Trinajstić information content (AvgIpc) is 3.28. The highest BCUT2D eigenvalue weighted by atomic mass is 127. The molecule has 0 spiro atoms. The number of carbonyl (C=O) groups excluding carboxylic acids is 1. The van der Waals surface area contributed by atoms with Crippen molar-refractivity contribution < 1.29 is 19.4 Å². The fourth-order valence-corrected chi connectivity index (χ4v) is 6.56. The van der Waals surface area contributed by atoms with Crippen molar-refractivity contribution in [2.24, 2.45) is 4.99 Å². The summed E-state index contributed by atoms with van der Waals surface area (Å²) in [4.78, 5) is 34.0. The second-order valence-corrected chi connectivity index (χ2v) is 11.8. The minimum absolute atomic E-state index is 0.0435. The van der Waals surface area contributed by atoms with Crippen molar-refractivity contribution in [2.75, 3.05) is 20.0 Å². The number of phenols is 1. The van der Waals surface area contributed by atoms with Crippen LogP contribution in [0, 0.1) is 3.57 Å². The number of thiazole rings is 1. The molecule has 5 rings (SSSR count). The quantitative estimate of drug-likeness (QED) is 0.168. The van der Waals surface area contributed by atoms with Gasteiger partial charge in [-0.1, -0.05) is 53.8 Å². The van der Waals surface area contributed by atoms with Crippen LogP contribution in [0.25, 0.3) is 11.8 Å². The van der Waals surface area contributed by atoms with Gasteiger partial charge in [-0.05, 0) is 77.2 Å². The van der Waals surface area contributed by atoms with Crippen molar-refractivity contribution >= 4 is 63.4 Å². The Morgan fingerprint density at radius 3 is 2.55 bits per heavy atom. The monoisotopic (exact) mass is 684 g/mol. The van der Waals surface area contributed by atoms with Gasteiger partial charge in [-0.25, -0.2) is 9.79 Å². The fourth-order valence-electron chi connectivity index (χ4n) is 4.53. The van der Waals surface area contributed by atoms with E-state index >= 15 is 0 Å². The van der Waals surface area contributed by atoms with Crippen LogP contribution in [0.3, 0.4) is 0 Å². The zero-order valence-corrected chi connectivity index (χ0v) is 25.7. The van der Waals surface area contributed by atoms with Crippen LogP contribution in [0.1, 0.15) is 29.7 Å². The second-order valence-electron chi connectivity index (χ2n) is 8.76. The fraction of sp³-hybridized carbons (Fsp3) is 0.167. The van der Waals surface area contributed by atoms with Crippen molar-refractivity contribution in [1.82, 2.24) is 4.57 Å². The van der Waals surface area contributed by atoms with Gasteiger partial charge in [-0.3, -0.25) is 9.36 Å². The van der Waals surface area contributed by atoms with Gasteiger partial charge in [0.15, 0.2) is 16.3 Å². The average molecular weight is 685 g/mol. The standard InChI is InChI=1S/C30H25IN2O5S2/c1-4-38-29(36)24-25(18-8-6-5-7-9-18)32-30-33(26(24)19-10-12-20(39-3)13-11-19)28(35)23(40-30)16-17-14-21(31)27(34)22(15-17)37-2/h5-16,26,34H,4H2,1-3H3/b23-16-/t26-/m1/s1. The molecule has 0 radical (unpaired) electrons. The Balaban J connectivity index is 1.81. The zero-order valence-electron chi connectivity index (χ0n) is 21.9. The third-order valence-electron chi connectivity index (χ3n) is 6.37. The van der Waals surface area contributed by atoms with Gasteiger partial charge in [-0.15, -0.1) is 11.8 Å². The lowest BCUT2D eigenvalue weighted by atomic mass is 9.93. The number of halogens is 1. The highest BCUT2D eigenvalue weighted by molar-refractivity contribution is 14.1. The van der Waals surface area contributed by atoms with Crippen molar-refractivity contribution in [2.45, 2.75) is 17.9 Å². The Morgan fingerprint density at radius 2 is 1.90 bits per heavy atom. The molecule has 0 bridgehead atoms. The van der Waals surface area contributed by atoms with Gasteiger partial charge < -0.3 is 14.6 Å². The number of hydrogen-bond donors (Lipinski definition) is 1. The highest BCUT2D eigenvalue weighted by Gasteiger charge is 2.35. The summed E-state index contributed by atoms with van der Waals surface area (Å²) < 4.78 is 13.4. The van der Waals surface area contributed by atoms with Crippen molar-refractivity contribution in [3.63, 3.8) is 0 Å². The third kappa shape index (κ3) is 5.35. The molecule has 1 aliphatic rings. The number of aromatic nitrogens is 1. The molecule has 3 aromatic carbocycles. The van der Waals surface area contributed by atoms with E-state index in [4.69, 9.17) is 14.5 Å². The first kappa shape index (κ1) is 28.2. The molecule has 204 valence electrons. The summed E-state index contributed by atoms with van der Waals surface area (Å²) in [5.74, 6) is -0.160. The van der Waals surface area contributed by atoms with Gasteiger partial charge in [0.2, 0.25) is 0 Å². The van der Waals surface area contributed by atoms with Crippen LogP contribution in [-0.2, 0) is 9.53 Å². The van der Waals surface area contributed by atoms with E-state index in [1.165, 1.54) is 18.4 Å². The van der Waals surface area contributed by atoms with Crippen molar-refractivity contribution in [1.29, 1.82) is 0 Å². The van der Waals surface area contributed by atoms with Gasteiger partial charge >= 0.3 is 5.97 Å². The normalized spacial score (nSPS) is 15.0. The van der Waals surface area contributed by atoms with Crippen LogP contribution >= 0.6 is 45.7 Å². The SMILES string of the molecule is CCOC(=O)C1=C(c2ccccc2)N=c2s/c(=C\c3cc(I)c(O)c(OC)c3)c(=O)n2[C@@H]1c1ccc(SC)cc1. The molecule has 1 aromatic heterocycles. The summed E-state index contributed by atoms with van der Waals surface area (Å²) in [5, 5.41) is 10.3. The first-order valence-electron chi connectivity index (χ1n) is 12.3. The first-order valence-corrected chi connectivity index (χ1v) is 15.5. The predicted octanol–water partition coefficient (Wildman–Crippen LogP) is 4.98. The summed E-state index contributed by atoms with van der Waals surface area (Å²) in [5.41, 5.74) is 2.73. The molecule has 0 amide bonds. The van der Waals surface area contributed by atoms with E-state index in [1.807, 2.05) is 83.4 Å². The number of aromatic hydroxyl groups is 1. The number of carbonyl (C=O) groups is 1. The molecule has 1 atom stereocenters. The number of nitrogens with zero attached hydrogens (tertiary/aromatic N) is 2. The maximum atomic E-state index is 14.0. The topological polar surface area (TPSA) is 90.1 Å². The minimum atomic E-state index is -0.738. The van der Waals surface area contributed by atoms with Gasteiger partial charge in [0.05, 0.1) is 39.1 Å². The van der Waals surface area contributed by atoms with Crippen molar-refractivity contribution in [3.05, 3.63) is 112 Å². The van der Waals surface area contributed by atoms with E-state index in [1.54, 1.807) is 41.5 Å². The van der Waals surface area contributed by atoms with Gasteiger partial charge in [0.1, 0.15) is 0 Å². The van der Waals surface area contributed by atoms with Crippen LogP contribution < -0.4 is 19.6 Å². The number of hydrogen-bond acceptors (Lipinski definition) is 8. The van der Waals surface area contributed by atoms with E-state index in [9.17, 15) is 14.7 Å². The number of methoxy groups -OCH3 is 1. The molecule has 10 heteroatoms. The van der Waals surface area contributed by atoms with E-state index in [0.717, 1.165) is 16.0 Å². The van der Waals surface area contributed by atoms with Crippen LogP contribution in [-0.4, -0.2) is 35.6 Å². The number of thioether (sulfide) groups is 1. The number of ether oxygens (including phenoxy) is 2. The Morgan fingerprint density at radius 1 is 1.18 bits per heavy atom. The molecule has 0 aliphatic carbocycles. The van der Waals surface area contributed by atoms with Crippen LogP contribution in [0.2, 0.25) is 0 Å². The largest absolute Gasteiger partial charge is 0.504 e. The third-order valence-corrected chi connectivity index (χ3v) is 8.92. The van der Waals surface area contributed by atoms with Gasteiger partial charge in [0, 0.05) is 10.5 Å². The number of fused-ring (bicyclic) bond motifs is 1. The molecule has 0 fully saturated rings. The summed E-state index contributed by atoms with van der Waals surface area (Å²) >= 11 is 4.88. The number of esters is 1. The van der Waals surface area contributed by atoms with E-state index in [0.29, 0.717) is 35.5 Å². The maximum absolute atomic E-state index is 14.0. The lowest BCUT2D eigenvalue weighted by Crippen LogP contribution is -2.40. The Kier molecular flexibility index (Phi) is 8.48. The molecule has 2 heterocycles.